The number of carbonyl (C=O) groups is 2. The van der Waals surface area contributed by atoms with Gasteiger partial charge in [0.05, 0.1) is 25.2 Å². The predicted molar refractivity (Wildman–Crippen MR) is 110 cm³/mol. The molecule has 6 nitrogen and oxygen atoms in total. The molecule has 0 aromatic heterocycles. The normalized spacial score (nSPS) is 18.8. The molecule has 154 valence electrons. The van der Waals surface area contributed by atoms with E-state index in [0.717, 1.165) is 11.1 Å². The number of aliphatic hydroxyl groups is 1. The van der Waals surface area contributed by atoms with Crippen LogP contribution in [0.5, 0.6) is 0 Å². The maximum absolute atomic E-state index is 13.5. The molecule has 0 unspecified atom stereocenters. The molecule has 0 radical (unpaired) electrons. The van der Waals surface area contributed by atoms with Crippen molar-refractivity contribution in [1.29, 1.82) is 0 Å². The van der Waals surface area contributed by atoms with Gasteiger partial charge in [-0.1, -0.05) is 60.7 Å². The zero-order chi connectivity index (χ0) is 20.6. The van der Waals surface area contributed by atoms with E-state index >= 15 is 0 Å². The van der Waals surface area contributed by atoms with Crippen LogP contribution < -0.4 is 0 Å². The summed E-state index contributed by atoms with van der Waals surface area (Å²) in [6.45, 7) is 1.38. The SMILES string of the molecule is COCCN1C(=O)C[C@@H](C(=O)N(CCO)Cc2ccccc2)[C@@H]1c1ccccc1. The first-order valence-electron chi connectivity index (χ1n) is 9.92. The molecule has 1 heterocycles. The Morgan fingerprint density at radius 3 is 2.41 bits per heavy atom. The molecule has 2 amide bonds. The van der Waals surface area contributed by atoms with Crippen LogP contribution >= 0.6 is 0 Å². The number of amides is 2. The van der Waals surface area contributed by atoms with Gasteiger partial charge in [0.25, 0.3) is 0 Å². The number of benzene rings is 2. The number of hydrogen-bond donors (Lipinski definition) is 1. The summed E-state index contributed by atoms with van der Waals surface area (Å²) in [4.78, 5) is 29.7. The highest BCUT2D eigenvalue weighted by atomic mass is 16.5. The van der Waals surface area contributed by atoms with Crippen LogP contribution in [0, 0.1) is 5.92 Å². The summed E-state index contributed by atoms with van der Waals surface area (Å²) in [5.74, 6) is -0.639. The molecule has 1 fully saturated rings. The Bertz CT molecular complexity index is 797. The molecule has 1 saturated heterocycles. The molecule has 0 spiro atoms. The third-order valence-corrected chi connectivity index (χ3v) is 5.32. The van der Waals surface area contributed by atoms with Gasteiger partial charge in [0.1, 0.15) is 0 Å². The van der Waals surface area contributed by atoms with Gasteiger partial charge in [-0.3, -0.25) is 9.59 Å². The fourth-order valence-corrected chi connectivity index (χ4v) is 3.95. The number of carbonyl (C=O) groups excluding carboxylic acids is 2. The van der Waals surface area contributed by atoms with E-state index in [9.17, 15) is 14.7 Å². The molecule has 1 aliphatic heterocycles. The first-order chi connectivity index (χ1) is 14.2. The molecule has 2 aromatic carbocycles. The second-order valence-electron chi connectivity index (χ2n) is 7.22. The second kappa shape index (κ2) is 10.2. The molecule has 6 heteroatoms. The molecule has 0 bridgehead atoms. The molecular weight excluding hydrogens is 368 g/mol. The summed E-state index contributed by atoms with van der Waals surface area (Å²) in [7, 11) is 1.60. The minimum absolute atomic E-state index is 0.0436. The van der Waals surface area contributed by atoms with Crippen LogP contribution in [0.25, 0.3) is 0 Å². The Morgan fingerprint density at radius 2 is 1.79 bits per heavy atom. The summed E-state index contributed by atoms with van der Waals surface area (Å²) in [6.07, 6.45) is 0.166. The minimum atomic E-state index is -0.489. The standard InChI is InChI=1S/C23H28N2O4/c1-29-15-13-25-21(27)16-20(22(25)19-10-6-3-7-11-19)23(28)24(12-14-26)17-18-8-4-2-5-9-18/h2-11,20,22,26H,12-17H2,1H3/t20-,22+/m1/s1. The van der Waals surface area contributed by atoms with E-state index in [0.29, 0.717) is 19.7 Å². The monoisotopic (exact) mass is 396 g/mol. The first kappa shape index (κ1) is 21.0. The number of likely N-dealkylation sites (tertiary alicyclic amines) is 1. The van der Waals surface area contributed by atoms with E-state index in [-0.39, 0.29) is 37.4 Å². The maximum Gasteiger partial charge on any atom is 0.229 e. The largest absolute Gasteiger partial charge is 0.395 e. The molecule has 1 aliphatic rings. The molecule has 29 heavy (non-hydrogen) atoms. The minimum Gasteiger partial charge on any atom is -0.395 e. The number of hydrogen-bond acceptors (Lipinski definition) is 4. The van der Waals surface area contributed by atoms with Gasteiger partial charge >= 0.3 is 0 Å². The van der Waals surface area contributed by atoms with Gasteiger partial charge in [0.15, 0.2) is 0 Å². The van der Waals surface area contributed by atoms with Crippen LogP contribution in [0.2, 0.25) is 0 Å². The van der Waals surface area contributed by atoms with Crippen LogP contribution in [0.15, 0.2) is 60.7 Å². The van der Waals surface area contributed by atoms with Crippen LogP contribution in [-0.4, -0.2) is 60.1 Å². The van der Waals surface area contributed by atoms with Gasteiger partial charge in [-0.25, -0.2) is 0 Å². The van der Waals surface area contributed by atoms with Crippen molar-refractivity contribution in [2.24, 2.45) is 5.92 Å². The van der Waals surface area contributed by atoms with Crippen molar-refractivity contribution >= 4 is 11.8 Å². The third-order valence-electron chi connectivity index (χ3n) is 5.32. The smallest absolute Gasteiger partial charge is 0.229 e. The van der Waals surface area contributed by atoms with Crippen LogP contribution in [-0.2, 0) is 20.9 Å². The Balaban J connectivity index is 1.88. The van der Waals surface area contributed by atoms with Crippen molar-refractivity contribution in [2.75, 3.05) is 33.4 Å². The van der Waals surface area contributed by atoms with E-state index in [1.54, 1.807) is 16.9 Å². The van der Waals surface area contributed by atoms with E-state index in [2.05, 4.69) is 0 Å². The summed E-state index contributed by atoms with van der Waals surface area (Å²) < 4.78 is 5.17. The Morgan fingerprint density at radius 1 is 1.14 bits per heavy atom. The number of rotatable bonds is 9. The second-order valence-corrected chi connectivity index (χ2v) is 7.22. The van der Waals surface area contributed by atoms with Crippen molar-refractivity contribution in [1.82, 2.24) is 9.80 Å². The highest BCUT2D eigenvalue weighted by Crippen LogP contribution is 2.39. The Kier molecular flexibility index (Phi) is 7.38. The van der Waals surface area contributed by atoms with Gasteiger partial charge in [0, 0.05) is 33.2 Å². The number of aliphatic hydroxyl groups excluding tert-OH is 1. The lowest BCUT2D eigenvalue weighted by atomic mass is 9.92. The van der Waals surface area contributed by atoms with E-state index in [1.165, 1.54) is 0 Å². The lowest BCUT2D eigenvalue weighted by molar-refractivity contribution is -0.137. The van der Waals surface area contributed by atoms with Gasteiger partial charge in [0.2, 0.25) is 11.8 Å². The summed E-state index contributed by atoms with van der Waals surface area (Å²) >= 11 is 0. The average Bonchev–Trinajstić information content (AvgIpc) is 3.09. The van der Waals surface area contributed by atoms with Crippen LogP contribution in [0.4, 0.5) is 0 Å². The number of methoxy groups -OCH3 is 1. The fraction of sp³-hybridized carbons (Fsp3) is 0.391. The van der Waals surface area contributed by atoms with E-state index in [4.69, 9.17) is 4.74 Å². The molecule has 3 rings (SSSR count). The first-order valence-corrected chi connectivity index (χ1v) is 9.92. The topological polar surface area (TPSA) is 70.1 Å². The van der Waals surface area contributed by atoms with E-state index < -0.39 is 5.92 Å². The van der Waals surface area contributed by atoms with Gasteiger partial charge in [-0.15, -0.1) is 0 Å². The number of nitrogens with zero attached hydrogens (tertiary/aromatic N) is 2. The zero-order valence-corrected chi connectivity index (χ0v) is 16.7. The predicted octanol–water partition coefficient (Wildman–Crippen LogP) is 2.24. The Labute approximate surface area is 171 Å². The lowest BCUT2D eigenvalue weighted by Gasteiger charge is -2.31. The van der Waals surface area contributed by atoms with Crippen LogP contribution in [0.1, 0.15) is 23.6 Å². The molecule has 2 aromatic rings. The highest BCUT2D eigenvalue weighted by Gasteiger charge is 2.45. The molecular formula is C23H28N2O4. The molecule has 1 N–H and O–H groups in total. The van der Waals surface area contributed by atoms with Crippen LogP contribution in [0.3, 0.4) is 0 Å². The lowest BCUT2D eigenvalue weighted by Crippen LogP contribution is -2.40. The van der Waals surface area contributed by atoms with Crippen molar-refractivity contribution in [3.8, 4) is 0 Å². The maximum atomic E-state index is 13.5. The number of ether oxygens (including phenoxy) is 1. The summed E-state index contributed by atoms with van der Waals surface area (Å²) in [6, 6.07) is 19.0. The zero-order valence-electron chi connectivity index (χ0n) is 16.7. The molecule has 0 aliphatic carbocycles. The highest BCUT2D eigenvalue weighted by molar-refractivity contribution is 5.90. The Hall–Kier alpha value is -2.70. The van der Waals surface area contributed by atoms with Crippen molar-refractivity contribution in [3.05, 3.63) is 71.8 Å². The summed E-state index contributed by atoms with van der Waals surface area (Å²) in [5.41, 5.74) is 1.93. The van der Waals surface area contributed by atoms with Gasteiger partial charge in [-0.05, 0) is 11.1 Å². The fourth-order valence-electron chi connectivity index (χ4n) is 3.95. The van der Waals surface area contributed by atoms with Crippen molar-refractivity contribution in [2.45, 2.75) is 19.0 Å². The molecule has 2 atom stereocenters. The molecule has 0 saturated carbocycles. The summed E-state index contributed by atoms with van der Waals surface area (Å²) in [5, 5.41) is 9.52. The van der Waals surface area contributed by atoms with Crippen molar-refractivity contribution in [3.63, 3.8) is 0 Å². The van der Waals surface area contributed by atoms with E-state index in [1.807, 2.05) is 60.7 Å². The van der Waals surface area contributed by atoms with Crippen molar-refractivity contribution < 1.29 is 19.4 Å². The average molecular weight is 396 g/mol. The quantitative estimate of drug-likeness (QED) is 0.706. The third kappa shape index (κ3) is 5.02. The van der Waals surface area contributed by atoms with Gasteiger partial charge in [-0.2, -0.15) is 0 Å². The van der Waals surface area contributed by atoms with Gasteiger partial charge < -0.3 is 19.6 Å².